The Bertz CT molecular complexity index is 382. The van der Waals surface area contributed by atoms with Crippen LogP contribution in [-0.4, -0.2) is 27.3 Å². The van der Waals surface area contributed by atoms with Crippen molar-refractivity contribution in [1.29, 1.82) is 0 Å². The van der Waals surface area contributed by atoms with Crippen LogP contribution in [0.25, 0.3) is 0 Å². The van der Waals surface area contributed by atoms with E-state index in [1.807, 2.05) is 23.5 Å². The van der Waals surface area contributed by atoms with E-state index in [1.165, 1.54) is 0 Å². The predicted molar refractivity (Wildman–Crippen MR) is 81.6 cm³/mol. The van der Waals surface area contributed by atoms with Crippen LogP contribution in [-0.2, 0) is 0 Å². The summed E-state index contributed by atoms with van der Waals surface area (Å²) >= 11 is 8.21. The van der Waals surface area contributed by atoms with Crippen LogP contribution in [0.15, 0.2) is 6.20 Å². The summed E-state index contributed by atoms with van der Waals surface area (Å²) in [6.07, 6.45) is 1.74. The van der Waals surface area contributed by atoms with Crippen molar-refractivity contribution in [1.82, 2.24) is 15.1 Å². The number of nitrogens with one attached hydrogen (secondary N) is 1. The lowest BCUT2D eigenvalue weighted by molar-refractivity contribution is 0.477. The van der Waals surface area contributed by atoms with Gasteiger partial charge in [-0.2, -0.15) is 16.9 Å². The van der Waals surface area contributed by atoms with Crippen LogP contribution in [0, 0.1) is 0 Å². The Morgan fingerprint density at radius 3 is 2.50 bits per heavy atom. The summed E-state index contributed by atoms with van der Waals surface area (Å²) < 4.78 is 2.26. The number of halogens is 1. The normalized spacial score (nSPS) is 14.2. The van der Waals surface area contributed by atoms with Gasteiger partial charge in [0.25, 0.3) is 0 Å². The number of hydrogen-bond donors (Lipinski definition) is 1. The van der Waals surface area contributed by atoms with Crippen LogP contribution >= 0.6 is 23.4 Å². The fourth-order valence-electron chi connectivity index (χ4n) is 1.72. The molecule has 0 saturated heterocycles. The van der Waals surface area contributed by atoms with Gasteiger partial charge in [-0.1, -0.05) is 32.4 Å². The van der Waals surface area contributed by atoms with Crippen molar-refractivity contribution in [2.75, 3.05) is 12.8 Å². The van der Waals surface area contributed by atoms with Gasteiger partial charge in [-0.3, -0.25) is 4.68 Å². The van der Waals surface area contributed by atoms with E-state index >= 15 is 0 Å². The highest BCUT2D eigenvalue weighted by Crippen LogP contribution is 2.32. The van der Waals surface area contributed by atoms with Gasteiger partial charge in [0.15, 0.2) is 0 Å². The lowest BCUT2D eigenvalue weighted by Gasteiger charge is -2.24. The molecule has 0 aliphatic carbocycles. The van der Waals surface area contributed by atoms with Crippen molar-refractivity contribution in [3.05, 3.63) is 16.9 Å². The molecule has 1 aromatic rings. The van der Waals surface area contributed by atoms with Crippen LogP contribution in [0.3, 0.4) is 0 Å². The van der Waals surface area contributed by atoms with E-state index in [0.29, 0.717) is 6.04 Å². The second kappa shape index (κ2) is 6.31. The molecule has 1 rings (SSSR count). The molecule has 1 unspecified atom stereocenters. The molecule has 5 heteroatoms. The maximum Gasteiger partial charge on any atom is 0.0834 e. The molecule has 18 heavy (non-hydrogen) atoms. The van der Waals surface area contributed by atoms with Gasteiger partial charge in [0, 0.05) is 16.5 Å². The summed E-state index contributed by atoms with van der Waals surface area (Å²) in [7, 11) is 1.97. The smallest absolute Gasteiger partial charge is 0.0834 e. The molecule has 0 spiro atoms. The number of rotatable bonds is 5. The molecule has 3 nitrogen and oxygen atoms in total. The Morgan fingerprint density at radius 2 is 2.06 bits per heavy atom. The third kappa shape index (κ3) is 4.18. The van der Waals surface area contributed by atoms with Crippen LogP contribution in [0.5, 0.6) is 0 Å². The zero-order valence-electron chi connectivity index (χ0n) is 12.1. The van der Waals surface area contributed by atoms with E-state index in [2.05, 4.69) is 45.0 Å². The first-order chi connectivity index (χ1) is 8.26. The molecule has 0 amide bonds. The number of thioether (sulfide) groups is 1. The van der Waals surface area contributed by atoms with Crippen molar-refractivity contribution in [2.45, 2.75) is 51.4 Å². The SMILES string of the molecule is CNC(CSC(C)(C)C)c1c(Cl)cnn1C(C)C. The van der Waals surface area contributed by atoms with Crippen molar-refractivity contribution in [3.63, 3.8) is 0 Å². The van der Waals surface area contributed by atoms with Gasteiger partial charge in [-0.15, -0.1) is 0 Å². The summed E-state index contributed by atoms with van der Waals surface area (Å²) in [5.41, 5.74) is 1.09. The zero-order chi connectivity index (χ0) is 13.9. The third-order valence-corrected chi connectivity index (χ3v) is 4.29. The van der Waals surface area contributed by atoms with E-state index in [0.717, 1.165) is 16.5 Å². The van der Waals surface area contributed by atoms with Gasteiger partial charge in [-0.05, 0) is 20.9 Å². The Hall–Kier alpha value is -0.190. The van der Waals surface area contributed by atoms with E-state index in [-0.39, 0.29) is 10.8 Å². The van der Waals surface area contributed by atoms with Gasteiger partial charge in [0.05, 0.1) is 23.0 Å². The minimum atomic E-state index is 0.228. The topological polar surface area (TPSA) is 29.9 Å². The fraction of sp³-hybridized carbons (Fsp3) is 0.769. The van der Waals surface area contributed by atoms with E-state index in [9.17, 15) is 0 Å². The molecule has 0 aliphatic heterocycles. The molecule has 1 N–H and O–H groups in total. The molecule has 1 heterocycles. The molecule has 0 radical (unpaired) electrons. The Balaban J connectivity index is 2.91. The Labute approximate surface area is 120 Å². The number of hydrogen-bond acceptors (Lipinski definition) is 3. The molecule has 1 aromatic heterocycles. The van der Waals surface area contributed by atoms with Gasteiger partial charge < -0.3 is 5.32 Å². The number of nitrogens with zero attached hydrogens (tertiary/aromatic N) is 2. The monoisotopic (exact) mass is 289 g/mol. The lowest BCUT2D eigenvalue weighted by Crippen LogP contribution is -2.25. The number of aromatic nitrogens is 2. The van der Waals surface area contributed by atoms with Crippen molar-refractivity contribution in [3.8, 4) is 0 Å². The summed E-state index contributed by atoms with van der Waals surface area (Å²) in [6.45, 7) is 10.9. The molecular formula is C13H24ClN3S. The largest absolute Gasteiger partial charge is 0.311 e. The van der Waals surface area contributed by atoms with Crippen LogP contribution < -0.4 is 5.32 Å². The maximum absolute atomic E-state index is 6.28. The molecule has 0 fully saturated rings. The average molecular weight is 290 g/mol. The molecule has 1 atom stereocenters. The molecule has 104 valence electrons. The highest BCUT2D eigenvalue weighted by molar-refractivity contribution is 8.00. The molecule has 0 aromatic carbocycles. The van der Waals surface area contributed by atoms with Crippen LogP contribution in [0.4, 0.5) is 0 Å². The average Bonchev–Trinajstić information content (AvgIpc) is 2.60. The molecular weight excluding hydrogens is 266 g/mol. The standard InChI is InChI=1S/C13H24ClN3S/c1-9(2)17-12(10(14)7-16-17)11(15-6)8-18-13(3,4)5/h7,9,11,15H,8H2,1-6H3. The van der Waals surface area contributed by atoms with E-state index in [1.54, 1.807) is 6.20 Å². The second-order valence-electron chi connectivity index (χ2n) is 5.68. The van der Waals surface area contributed by atoms with Gasteiger partial charge in [0.1, 0.15) is 0 Å². The fourth-order valence-corrected chi connectivity index (χ4v) is 2.97. The van der Waals surface area contributed by atoms with Crippen molar-refractivity contribution >= 4 is 23.4 Å². The van der Waals surface area contributed by atoms with Gasteiger partial charge in [-0.25, -0.2) is 0 Å². The Kier molecular flexibility index (Phi) is 5.56. The molecule has 0 bridgehead atoms. The highest BCUT2D eigenvalue weighted by atomic mass is 35.5. The minimum Gasteiger partial charge on any atom is -0.311 e. The van der Waals surface area contributed by atoms with Crippen molar-refractivity contribution in [2.24, 2.45) is 0 Å². The summed E-state index contributed by atoms with van der Waals surface area (Å²) in [4.78, 5) is 0. The molecule has 0 saturated carbocycles. The van der Waals surface area contributed by atoms with E-state index < -0.39 is 0 Å². The van der Waals surface area contributed by atoms with Gasteiger partial charge in [0.2, 0.25) is 0 Å². The predicted octanol–water partition coefficient (Wildman–Crippen LogP) is 3.91. The highest BCUT2D eigenvalue weighted by Gasteiger charge is 2.22. The second-order valence-corrected chi connectivity index (χ2v) is 7.93. The van der Waals surface area contributed by atoms with Gasteiger partial charge >= 0.3 is 0 Å². The molecule has 0 aliphatic rings. The zero-order valence-corrected chi connectivity index (χ0v) is 13.7. The lowest BCUT2D eigenvalue weighted by atomic mass is 10.2. The van der Waals surface area contributed by atoms with Crippen molar-refractivity contribution < 1.29 is 0 Å². The summed E-state index contributed by atoms with van der Waals surface area (Å²) in [5, 5.41) is 8.46. The first kappa shape index (κ1) is 15.9. The van der Waals surface area contributed by atoms with E-state index in [4.69, 9.17) is 11.6 Å². The third-order valence-electron chi connectivity index (χ3n) is 2.64. The van der Waals surface area contributed by atoms with Crippen LogP contribution in [0.2, 0.25) is 5.02 Å². The minimum absolute atomic E-state index is 0.228. The first-order valence-corrected chi connectivity index (χ1v) is 7.66. The maximum atomic E-state index is 6.28. The quantitative estimate of drug-likeness (QED) is 0.891. The van der Waals surface area contributed by atoms with Crippen LogP contribution in [0.1, 0.15) is 52.4 Å². The Morgan fingerprint density at radius 1 is 1.44 bits per heavy atom. The summed E-state index contributed by atoms with van der Waals surface area (Å²) in [6, 6.07) is 0.551. The summed E-state index contributed by atoms with van der Waals surface area (Å²) in [5.74, 6) is 0.984. The first-order valence-electron chi connectivity index (χ1n) is 6.30.